The van der Waals surface area contributed by atoms with Crippen LogP contribution in [0.2, 0.25) is 0 Å². The molecule has 23 heavy (non-hydrogen) atoms. The second-order valence-corrected chi connectivity index (χ2v) is 5.43. The molecule has 1 saturated heterocycles. The van der Waals surface area contributed by atoms with Crippen molar-refractivity contribution in [2.45, 2.75) is 18.9 Å². The maximum atomic E-state index is 11.9. The summed E-state index contributed by atoms with van der Waals surface area (Å²) in [5, 5.41) is 2.20. The first-order valence-corrected chi connectivity index (χ1v) is 7.53. The maximum Gasteiger partial charge on any atom is 0.413 e. The smallest absolute Gasteiger partial charge is 0.413 e. The lowest BCUT2D eigenvalue weighted by Gasteiger charge is -2.23. The number of rotatable bonds is 5. The average molecular weight is 323 g/mol. The van der Waals surface area contributed by atoms with Crippen LogP contribution in [0.5, 0.6) is 11.5 Å². The minimum atomic E-state index is -0.732. The zero-order valence-corrected chi connectivity index (χ0v) is 13.7. The van der Waals surface area contributed by atoms with Crippen LogP contribution in [0, 0.1) is 0 Å². The minimum Gasteiger partial charge on any atom is -0.497 e. The molecule has 1 aromatic carbocycles. The SMILES string of the molecule is COC(=O)NC(=O)C[NH+]1CCC[C@H]1c1cc(OC)ccc1OC. The van der Waals surface area contributed by atoms with Crippen LogP contribution in [0.1, 0.15) is 24.4 Å². The highest BCUT2D eigenvalue weighted by atomic mass is 16.5. The first kappa shape index (κ1) is 17.1. The number of alkyl carbamates (subject to hydrolysis) is 1. The summed E-state index contributed by atoms with van der Waals surface area (Å²) in [6.45, 7) is 1.07. The van der Waals surface area contributed by atoms with Crippen molar-refractivity contribution in [3.63, 3.8) is 0 Å². The first-order chi connectivity index (χ1) is 11.1. The monoisotopic (exact) mass is 323 g/mol. The lowest BCUT2D eigenvalue weighted by molar-refractivity contribution is -0.910. The predicted octanol–water partition coefficient (Wildman–Crippen LogP) is 0.306. The number of imide groups is 1. The molecular weight excluding hydrogens is 300 g/mol. The highest BCUT2D eigenvalue weighted by Crippen LogP contribution is 2.31. The number of quaternary nitrogens is 1. The van der Waals surface area contributed by atoms with Gasteiger partial charge in [-0.15, -0.1) is 0 Å². The summed E-state index contributed by atoms with van der Waals surface area (Å²) in [6, 6.07) is 5.80. The molecule has 126 valence electrons. The molecule has 1 heterocycles. The molecule has 0 spiro atoms. The Kier molecular flexibility index (Phi) is 5.81. The first-order valence-electron chi connectivity index (χ1n) is 7.53. The van der Waals surface area contributed by atoms with Crippen molar-refractivity contribution in [3.8, 4) is 11.5 Å². The largest absolute Gasteiger partial charge is 0.497 e. The topological polar surface area (TPSA) is 78.3 Å². The lowest BCUT2D eigenvalue weighted by Crippen LogP contribution is -3.11. The fraction of sp³-hybridized carbons (Fsp3) is 0.500. The lowest BCUT2D eigenvalue weighted by atomic mass is 10.0. The van der Waals surface area contributed by atoms with Gasteiger partial charge in [0.15, 0.2) is 6.54 Å². The summed E-state index contributed by atoms with van der Waals surface area (Å²) < 4.78 is 15.2. The molecule has 2 atom stereocenters. The minimum absolute atomic E-state index is 0.128. The van der Waals surface area contributed by atoms with E-state index < -0.39 is 6.09 Å². The molecule has 1 fully saturated rings. The normalized spacial score (nSPS) is 20.0. The summed E-state index contributed by atoms with van der Waals surface area (Å²) in [5.74, 6) is 1.19. The van der Waals surface area contributed by atoms with E-state index in [9.17, 15) is 9.59 Å². The third-order valence-electron chi connectivity index (χ3n) is 4.11. The third kappa shape index (κ3) is 4.13. The fourth-order valence-corrected chi connectivity index (χ4v) is 3.03. The molecule has 0 saturated carbocycles. The molecule has 7 heteroatoms. The zero-order chi connectivity index (χ0) is 16.8. The predicted molar refractivity (Wildman–Crippen MR) is 82.8 cm³/mol. The Hall–Kier alpha value is -2.28. The molecule has 0 radical (unpaired) electrons. The van der Waals surface area contributed by atoms with Crippen molar-refractivity contribution in [3.05, 3.63) is 23.8 Å². The van der Waals surface area contributed by atoms with Gasteiger partial charge in [0, 0.05) is 12.8 Å². The third-order valence-corrected chi connectivity index (χ3v) is 4.11. The van der Waals surface area contributed by atoms with E-state index in [1.165, 1.54) is 7.11 Å². The second kappa shape index (κ2) is 7.82. The Morgan fingerprint density at radius 1 is 1.26 bits per heavy atom. The Morgan fingerprint density at radius 3 is 2.70 bits per heavy atom. The van der Waals surface area contributed by atoms with E-state index in [1.54, 1.807) is 14.2 Å². The van der Waals surface area contributed by atoms with Crippen LogP contribution < -0.4 is 19.7 Å². The maximum absolute atomic E-state index is 11.9. The van der Waals surface area contributed by atoms with Crippen LogP contribution in [0.4, 0.5) is 4.79 Å². The van der Waals surface area contributed by atoms with Crippen molar-refractivity contribution in [2.24, 2.45) is 0 Å². The van der Waals surface area contributed by atoms with Crippen molar-refractivity contribution in [1.29, 1.82) is 0 Å². The van der Waals surface area contributed by atoms with Gasteiger partial charge in [-0.3, -0.25) is 10.1 Å². The number of carbonyl (C=O) groups is 2. The van der Waals surface area contributed by atoms with Crippen molar-refractivity contribution in [1.82, 2.24) is 5.32 Å². The Balaban J connectivity index is 2.15. The van der Waals surface area contributed by atoms with E-state index in [4.69, 9.17) is 9.47 Å². The molecule has 7 nitrogen and oxygen atoms in total. The highest BCUT2D eigenvalue weighted by molar-refractivity contribution is 5.92. The molecule has 1 unspecified atom stereocenters. The summed E-state index contributed by atoms with van der Waals surface area (Å²) in [5.41, 5.74) is 1.02. The number of ether oxygens (including phenoxy) is 3. The Bertz CT molecular complexity index is 576. The van der Waals surface area contributed by atoms with E-state index in [-0.39, 0.29) is 18.5 Å². The zero-order valence-electron chi connectivity index (χ0n) is 13.7. The number of nitrogens with one attached hydrogen (secondary N) is 2. The van der Waals surface area contributed by atoms with E-state index in [0.717, 1.165) is 41.3 Å². The number of hydrogen-bond acceptors (Lipinski definition) is 5. The van der Waals surface area contributed by atoms with Crippen LogP contribution >= 0.6 is 0 Å². The Morgan fingerprint density at radius 2 is 2.04 bits per heavy atom. The molecule has 1 aliphatic heterocycles. The van der Waals surface area contributed by atoms with E-state index >= 15 is 0 Å². The standard InChI is InChI=1S/C16H22N2O5/c1-21-11-6-7-14(22-2)12(9-11)13-5-4-8-18(13)10-15(19)17-16(20)23-3/h6-7,9,13H,4-5,8,10H2,1-3H3,(H,17,19,20)/p+1/t13-/m0/s1. The average Bonchev–Trinajstić information content (AvgIpc) is 3.01. The molecular formula is C16H23N2O5+. The van der Waals surface area contributed by atoms with E-state index in [1.807, 2.05) is 18.2 Å². The summed E-state index contributed by atoms with van der Waals surface area (Å²) >= 11 is 0. The van der Waals surface area contributed by atoms with Crippen LogP contribution in [0.15, 0.2) is 18.2 Å². The number of likely N-dealkylation sites (tertiary alicyclic amines) is 1. The summed E-state index contributed by atoms with van der Waals surface area (Å²) in [7, 11) is 4.48. The van der Waals surface area contributed by atoms with Crippen LogP contribution in [0.3, 0.4) is 0 Å². The van der Waals surface area contributed by atoms with Gasteiger partial charge in [-0.1, -0.05) is 0 Å². The van der Waals surface area contributed by atoms with E-state index in [0.29, 0.717) is 0 Å². The highest BCUT2D eigenvalue weighted by Gasteiger charge is 2.34. The number of methoxy groups -OCH3 is 3. The van der Waals surface area contributed by atoms with Crippen LogP contribution in [-0.4, -0.2) is 46.4 Å². The van der Waals surface area contributed by atoms with Gasteiger partial charge < -0.3 is 19.1 Å². The van der Waals surface area contributed by atoms with Crippen molar-refractivity contribution < 1.29 is 28.7 Å². The van der Waals surface area contributed by atoms with Gasteiger partial charge in [0.1, 0.15) is 17.5 Å². The number of hydrogen-bond donors (Lipinski definition) is 2. The van der Waals surface area contributed by atoms with Gasteiger partial charge in [-0.05, 0) is 18.2 Å². The molecule has 2 N–H and O–H groups in total. The molecule has 0 aromatic heterocycles. The molecule has 1 aliphatic rings. The second-order valence-electron chi connectivity index (χ2n) is 5.43. The van der Waals surface area contributed by atoms with Gasteiger partial charge in [0.05, 0.1) is 33.4 Å². The van der Waals surface area contributed by atoms with E-state index in [2.05, 4.69) is 10.1 Å². The van der Waals surface area contributed by atoms with Crippen molar-refractivity contribution in [2.75, 3.05) is 34.4 Å². The molecule has 2 rings (SSSR count). The molecule has 2 amide bonds. The summed E-state index contributed by atoms with van der Waals surface area (Å²) in [4.78, 5) is 24.2. The number of benzene rings is 1. The van der Waals surface area contributed by atoms with Gasteiger partial charge in [0.25, 0.3) is 5.91 Å². The summed E-state index contributed by atoms with van der Waals surface area (Å²) in [6.07, 6.45) is 1.22. The molecule has 0 bridgehead atoms. The van der Waals surface area contributed by atoms with Gasteiger partial charge in [-0.2, -0.15) is 0 Å². The van der Waals surface area contributed by atoms with Crippen LogP contribution in [0.25, 0.3) is 0 Å². The quantitative estimate of drug-likeness (QED) is 0.815. The van der Waals surface area contributed by atoms with Gasteiger partial charge in [-0.25, -0.2) is 4.79 Å². The number of amides is 2. The molecule has 0 aliphatic carbocycles. The Labute approximate surface area is 135 Å². The van der Waals surface area contributed by atoms with Gasteiger partial charge in [0.2, 0.25) is 0 Å². The molecule has 1 aromatic rings. The van der Waals surface area contributed by atoms with Crippen molar-refractivity contribution >= 4 is 12.0 Å². The fourth-order valence-electron chi connectivity index (χ4n) is 3.03. The number of carbonyl (C=O) groups excluding carboxylic acids is 2. The van der Waals surface area contributed by atoms with Gasteiger partial charge >= 0.3 is 6.09 Å². The van der Waals surface area contributed by atoms with Crippen LogP contribution in [-0.2, 0) is 9.53 Å².